The Bertz CT molecular complexity index is 586. The van der Waals surface area contributed by atoms with Gasteiger partial charge in [0.25, 0.3) is 0 Å². The Kier molecular flexibility index (Phi) is 3.54. The largest absolute Gasteiger partial charge is 0.496 e. The van der Waals surface area contributed by atoms with E-state index in [0.717, 1.165) is 24.0 Å². The third-order valence-electron chi connectivity index (χ3n) is 5.21. The molecule has 3 rings (SSSR count). The van der Waals surface area contributed by atoms with Gasteiger partial charge in [0.1, 0.15) is 0 Å². The van der Waals surface area contributed by atoms with Crippen molar-refractivity contribution in [3.8, 4) is 0 Å². The predicted octanol–water partition coefficient (Wildman–Crippen LogP) is 3.58. The van der Waals surface area contributed by atoms with E-state index in [2.05, 4.69) is 64.7 Å². The Morgan fingerprint density at radius 3 is 2.09 bits per heavy atom. The number of nitrogens with zero attached hydrogens (tertiary/aromatic N) is 1. The van der Waals surface area contributed by atoms with Crippen molar-refractivity contribution in [1.29, 1.82) is 0 Å². The minimum Gasteiger partial charge on any atom is -0.399 e. The molecule has 1 saturated heterocycles. The third kappa shape index (κ3) is 2.74. The van der Waals surface area contributed by atoms with Gasteiger partial charge in [-0.15, -0.1) is 0 Å². The van der Waals surface area contributed by atoms with Crippen LogP contribution in [0.3, 0.4) is 0 Å². The van der Waals surface area contributed by atoms with Crippen LogP contribution >= 0.6 is 0 Å². The van der Waals surface area contributed by atoms with Crippen molar-refractivity contribution in [1.82, 2.24) is 4.98 Å². The zero-order chi connectivity index (χ0) is 16.2. The standard InChI is InChI=1S/C18H26BNO2/c1-16(2)10-9-13(11-16)15-8-7-14(12-20-15)19-21-17(3,4)18(5,6)22-19/h7-9,12H,10-11H2,1-6H3. The van der Waals surface area contributed by atoms with Crippen LogP contribution in [0.5, 0.6) is 0 Å². The van der Waals surface area contributed by atoms with Crippen molar-refractivity contribution >= 4 is 18.2 Å². The molecule has 2 heterocycles. The van der Waals surface area contributed by atoms with Crippen LogP contribution in [-0.4, -0.2) is 23.3 Å². The van der Waals surface area contributed by atoms with Crippen molar-refractivity contribution in [3.05, 3.63) is 30.1 Å². The highest BCUT2D eigenvalue weighted by Crippen LogP contribution is 2.40. The number of hydrogen-bond donors (Lipinski definition) is 0. The van der Waals surface area contributed by atoms with E-state index in [1.807, 2.05) is 6.20 Å². The number of rotatable bonds is 2. The molecule has 1 aromatic rings. The van der Waals surface area contributed by atoms with E-state index in [1.54, 1.807) is 0 Å². The van der Waals surface area contributed by atoms with Gasteiger partial charge in [-0.3, -0.25) is 4.98 Å². The maximum atomic E-state index is 6.07. The van der Waals surface area contributed by atoms with Gasteiger partial charge in [-0.05, 0) is 57.6 Å². The van der Waals surface area contributed by atoms with Crippen LogP contribution in [0.4, 0.5) is 0 Å². The summed E-state index contributed by atoms with van der Waals surface area (Å²) in [7, 11) is -0.333. The van der Waals surface area contributed by atoms with E-state index in [-0.39, 0.29) is 18.3 Å². The minimum absolute atomic E-state index is 0.311. The molecule has 118 valence electrons. The molecule has 22 heavy (non-hydrogen) atoms. The van der Waals surface area contributed by atoms with Crippen LogP contribution in [0.1, 0.15) is 60.1 Å². The Hall–Kier alpha value is -1.13. The van der Waals surface area contributed by atoms with Gasteiger partial charge < -0.3 is 9.31 Å². The smallest absolute Gasteiger partial charge is 0.399 e. The molecule has 1 fully saturated rings. The van der Waals surface area contributed by atoms with Gasteiger partial charge in [-0.1, -0.05) is 26.0 Å². The average molecular weight is 299 g/mol. The van der Waals surface area contributed by atoms with Crippen LogP contribution in [0.25, 0.3) is 5.57 Å². The summed E-state index contributed by atoms with van der Waals surface area (Å²) >= 11 is 0. The second kappa shape index (κ2) is 4.94. The van der Waals surface area contributed by atoms with Gasteiger partial charge in [0.15, 0.2) is 0 Å². The van der Waals surface area contributed by atoms with Crippen LogP contribution in [0, 0.1) is 5.41 Å². The van der Waals surface area contributed by atoms with Crippen molar-refractivity contribution in [2.24, 2.45) is 5.41 Å². The highest BCUT2D eigenvalue weighted by atomic mass is 16.7. The Morgan fingerprint density at radius 2 is 1.64 bits per heavy atom. The van der Waals surface area contributed by atoms with Gasteiger partial charge in [0, 0.05) is 11.7 Å². The highest BCUT2D eigenvalue weighted by Gasteiger charge is 2.51. The predicted molar refractivity (Wildman–Crippen MR) is 90.9 cm³/mol. The number of allylic oxidation sites excluding steroid dienone is 2. The van der Waals surface area contributed by atoms with Crippen LogP contribution < -0.4 is 5.46 Å². The summed E-state index contributed by atoms with van der Waals surface area (Å²) in [4.78, 5) is 4.64. The highest BCUT2D eigenvalue weighted by molar-refractivity contribution is 6.62. The second-order valence-electron chi connectivity index (χ2n) is 8.34. The molecule has 0 amide bonds. The lowest BCUT2D eigenvalue weighted by atomic mass is 9.80. The lowest BCUT2D eigenvalue weighted by molar-refractivity contribution is 0.00578. The fourth-order valence-corrected chi connectivity index (χ4v) is 2.97. The van der Waals surface area contributed by atoms with Crippen LogP contribution in [0.2, 0.25) is 0 Å². The van der Waals surface area contributed by atoms with Crippen LogP contribution in [-0.2, 0) is 9.31 Å². The molecule has 0 atom stereocenters. The third-order valence-corrected chi connectivity index (χ3v) is 5.21. The van der Waals surface area contributed by atoms with Crippen molar-refractivity contribution < 1.29 is 9.31 Å². The molecule has 0 aromatic carbocycles. The van der Waals surface area contributed by atoms with Gasteiger partial charge in [0.2, 0.25) is 0 Å². The van der Waals surface area contributed by atoms with Crippen LogP contribution in [0.15, 0.2) is 24.4 Å². The molecule has 0 spiro atoms. The summed E-state index contributed by atoms with van der Waals surface area (Å²) in [6.45, 7) is 12.9. The molecule has 0 radical (unpaired) electrons. The molecular weight excluding hydrogens is 273 g/mol. The van der Waals surface area contributed by atoms with E-state index in [0.29, 0.717) is 5.41 Å². The first-order chi connectivity index (χ1) is 10.1. The molecule has 0 saturated carbocycles. The first-order valence-electron chi connectivity index (χ1n) is 8.11. The first-order valence-corrected chi connectivity index (χ1v) is 8.11. The summed E-state index contributed by atoms with van der Waals surface area (Å²) in [5.41, 5.74) is 3.15. The Labute approximate surface area is 134 Å². The summed E-state index contributed by atoms with van der Waals surface area (Å²) < 4.78 is 12.1. The maximum Gasteiger partial charge on any atom is 0.496 e. The summed E-state index contributed by atoms with van der Waals surface area (Å²) in [6, 6.07) is 4.17. The molecule has 1 aliphatic heterocycles. The molecule has 3 nitrogen and oxygen atoms in total. The fraction of sp³-hybridized carbons (Fsp3) is 0.611. The topological polar surface area (TPSA) is 31.4 Å². The monoisotopic (exact) mass is 299 g/mol. The van der Waals surface area contributed by atoms with E-state index in [1.165, 1.54) is 5.57 Å². The van der Waals surface area contributed by atoms with Crippen molar-refractivity contribution in [3.63, 3.8) is 0 Å². The summed E-state index contributed by atoms with van der Waals surface area (Å²) in [5.74, 6) is 0. The van der Waals surface area contributed by atoms with E-state index in [4.69, 9.17) is 9.31 Å². The summed E-state index contributed by atoms with van der Waals surface area (Å²) in [5, 5.41) is 0. The number of hydrogen-bond acceptors (Lipinski definition) is 3. The van der Waals surface area contributed by atoms with Crippen molar-refractivity contribution in [2.45, 2.75) is 65.6 Å². The van der Waals surface area contributed by atoms with E-state index < -0.39 is 0 Å². The van der Waals surface area contributed by atoms with Gasteiger partial charge >= 0.3 is 7.12 Å². The molecule has 1 aromatic heterocycles. The molecule has 0 bridgehead atoms. The Morgan fingerprint density at radius 1 is 1.00 bits per heavy atom. The van der Waals surface area contributed by atoms with Gasteiger partial charge in [-0.2, -0.15) is 0 Å². The first kappa shape index (κ1) is 15.8. The molecule has 2 aliphatic rings. The maximum absolute atomic E-state index is 6.07. The zero-order valence-corrected chi connectivity index (χ0v) is 14.6. The quantitative estimate of drug-likeness (QED) is 0.782. The number of aromatic nitrogens is 1. The van der Waals surface area contributed by atoms with Crippen molar-refractivity contribution in [2.75, 3.05) is 0 Å². The molecule has 0 unspecified atom stereocenters. The SMILES string of the molecule is CC1(C)CC=C(c2ccc(B3OC(C)(C)C(C)(C)O3)cn2)C1. The molecule has 1 aliphatic carbocycles. The van der Waals surface area contributed by atoms with E-state index >= 15 is 0 Å². The minimum atomic E-state index is -0.333. The lowest BCUT2D eigenvalue weighted by Crippen LogP contribution is -2.41. The summed E-state index contributed by atoms with van der Waals surface area (Å²) in [6.07, 6.45) is 6.43. The lowest BCUT2D eigenvalue weighted by Gasteiger charge is -2.32. The van der Waals surface area contributed by atoms with E-state index in [9.17, 15) is 0 Å². The van der Waals surface area contributed by atoms with Gasteiger partial charge in [-0.25, -0.2) is 0 Å². The molecule has 4 heteroatoms. The zero-order valence-electron chi connectivity index (χ0n) is 14.6. The average Bonchev–Trinajstić information content (AvgIpc) is 2.87. The molecule has 0 N–H and O–H groups in total. The second-order valence-corrected chi connectivity index (χ2v) is 8.34. The fourth-order valence-electron chi connectivity index (χ4n) is 2.97. The number of pyridine rings is 1. The normalized spacial score (nSPS) is 25.4. The van der Waals surface area contributed by atoms with Gasteiger partial charge in [0.05, 0.1) is 16.9 Å². The Balaban J connectivity index is 1.76. The molecular formula is C18H26BNO2.